The fourth-order valence-corrected chi connectivity index (χ4v) is 4.89. The van der Waals surface area contributed by atoms with E-state index in [2.05, 4.69) is 26.1 Å². The molecule has 0 bridgehead atoms. The summed E-state index contributed by atoms with van der Waals surface area (Å²) >= 11 is 0. The number of amides is 1. The first-order chi connectivity index (χ1) is 18.3. The summed E-state index contributed by atoms with van der Waals surface area (Å²) in [5.41, 5.74) is 1.82. The number of aromatic nitrogens is 1. The third-order valence-corrected chi connectivity index (χ3v) is 6.53. The fraction of sp³-hybridized carbons (Fsp3) is 0.484. The van der Waals surface area contributed by atoms with Gasteiger partial charge in [0.2, 0.25) is 0 Å². The Labute approximate surface area is 235 Å². The van der Waals surface area contributed by atoms with Crippen LogP contribution in [0.2, 0.25) is 0 Å². The summed E-state index contributed by atoms with van der Waals surface area (Å²) in [7, 11) is 0. The third-order valence-electron chi connectivity index (χ3n) is 6.53. The average Bonchev–Trinajstić information content (AvgIpc) is 3.14. The number of nitrogens with zero attached hydrogens (tertiary/aromatic N) is 1. The summed E-state index contributed by atoms with van der Waals surface area (Å²) in [6.07, 6.45) is -0.0501. The molecular formula is C31H40N2O7. The van der Waals surface area contributed by atoms with Gasteiger partial charge in [0.1, 0.15) is 11.4 Å². The van der Waals surface area contributed by atoms with Crippen LogP contribution >= 0.6 is 0 Å². The summed E-state index contributed by atoms with van der Waals surface area (Å²) in [5, 5.41) is 13.5. The van der Waals surface area contributed by atoms with Crippen LogP contribution in [0.3, 0.4) is 0 Å². The second kappa shape index (κ2) is 10.9. The van der Waals surface area contributed by atoms with Crippen molar-refractivity contribution < 1.29 is 28.3 Å². The Bertz CT molecular complexity index is 1470. The molecule has 2 heterocycles. The highest BCUT2D eigenvalue weighted by Crippen LogP contribution is 2.44. The zero-order chi connectivity index (χ0) is 30.2. The zero-order valence-corrected chi connectivity index (χ0v) is 25.1. The molecule has 3 rings (SSSR count). The predicted octanol–water partition coefficient (Wildman–Crippen LogP) is 6.22. The van der Waals surface area contributed by atoms with E-state index in [9.17, 15) is 19.5 Å². The molecule has 3 aromatic rings. The van der Waals surface area contributed by atoms with Crippen LogP contribution in [0.4, 0.5) is 4.79 Å². The molecule has 1 unspecified atom stereocenters. The molecule has 1 aromatic carbocycles. The molecule has 1 amide bonds. The molecule has 9 nitrogen and oxygen atoms in total. The lowest BCUT2D eigenvalue weighted by molar-refractivity contribution is -0.142. The number of aryl methyl sites for hydroxylation is 3. The molecule has 9 heteroatoms. The first-order valence-electron chi connectivity index (χ1n) is 13.2. The topological polar surface area (TPSA) is 132 Å². The highest BCUT2D eigenvalue weighted by atomic mass is 16.6. The molecule has 0 fully saturated rings. The van der Waals surface area contributed by atoms with Gasteiger partial charge in [-0.05, 0) is 71.4 Å². The van der Waals surface area contributed by atoms with Crippen LogP contribution in [0.25, 0.3) is 11.1 Å². The lowest BCUT2D eigenvalue weighted by atomic mass is 9.73. The van der Waals surface area contributed by atoms with Crippen LogP contribution in [-0.2, 0) is 27.9 Å². The quantitative estimate of drug-likeness (QED) is 0.353. The Morgan fingerprint density at radius 3 is 2.05 bits per heavy atom. The number of carbonyl (C=O) groups excluding carboxylic acids is 1. The van der Waals surface area contributed by atoms with Crippen molar-refractivity contribution in [3.63, 3.8) is 0 Å². The van der Waals surface area contributed by atoms with Gasteiger partial charge in [-0.25, -0.2) is 9.59 Å². The number of benzene rings is 1. The smallest absolute Gasteiger partial charge is 0.480 e. The van der Waals surface area contributed by atoms with E-state index in [1.807, 2.05) is 31.2 Å². The molecule has 0 saturated carbocycles. The lowest BCUT2D eigenvalue weighted by Crippen LogP contribution is -2.37. The van der Waals surface area contributed by atoms with Gasteiger partial charge in [-0.2, -0.15) is 0 Å². The Hall–Kier alpha value is -3.88. The predicted molar refractivity (Wildman–Crippen MR) is 151 cm³/mol. The van der Waals surface area contributed by atoms with Gasteiger partial charge in [-0.3, -0.25) is 9.78 Å². The second-order valence-electron chi connectivity index (χ2n) is 12.6. The van der Waals surface area contributed by atoms with Gasteiger partial charge in [0.05, 0.1) is 0 Å². The van der Waals surface area contributed by atoms with Crippen LogP contribution in [0.15, 0.2) is 37.9 Å². The van der Waals surface area contributed by atoms with Crippen LogP contribution in [0.1, 0.15) is 88.1 Å². The minimum absolute atomic E-state index is 0.0355. The third kappa shape index (κ3) is 6.63. The summed E-state index contributed by atoms with van der Waals surface area (Å²) < 4.78 is 15.9. The molecule has 40 heavy (non-hydrogen) atoms. The van der Waals surface area contributed by atoms with E-state index in [0.29, 0.717) is 28.8 Å². The van der Waals surface area contributed by atoms with Gasteiger partial charge < -0.3 is 24.0 Å². The second-order valence-corrected chi connectivity index (χ2v) is 12.6. The maximum atomic E-state index is 13.1. The number of hydrogen-bond acceptors (Lipinski definition) is 7. The van der Waals surface area contributed by atoms with Crippen molar-refractivity contribution in [1.82, 2.24) is 10.3 Å². The number of ether oxygens (including phenoxy) is 1. The number of carbonyl (C=O) groups is 2. The van der Waals surface area contributed by atoms with Crippen molar-refractivity contribution in [3.8, 4) is 11.1 Å². The molecule has 0 radical (unpaired) electrons. The molecule has 1 atom stereocenters. The molecule has 216 valence electrons. The van der Waals surface area contributed by atoms with E-state index < -0.39 is 28.9 Å². The summed E-state index contributed by atoms with van der Waals surface area (Å²) in [6.45, 7) is 18.3. The number of aliphatic carboxylic acids is 1. The highest BCUT2D eigenvalue weighted by molar-refractivity contribution is 5.90. The van der Waals surface area contributed by atoms with Crippen molar-refractivity contribution in [2.75, 3.05) is 0 Å². The van der Waals surface area contributed by atoms with Gasteiger partial charge in [0.15, 0.2) is 11.2 Å². The van der Waals surface area contributed by atoms with Crippen LogP contribution in [0, 0.1) is 26.2 Å². The van der Waals surface area contributed by atoms with Gasteiger partial charge in [0, 0.05) is 29.1 Å². The van der Waals surface area contributed by atoms with Crippen molar-refractivity contribution in [1.29, 1.82) is 0 Å². The first kappa shape index (κ1) is 30.7. The maximum absolute atomic E-state index is 13.1. The van der Waals surface area contributed by atoms with Crippen molar-refractivity contribution in [2.45, 2.75) is 93.2 Å². The van der Waals surface area contributed by atoms with E-state index in [1.165, 1.54) is 13.8 Å². The van der Waals surface area contributed by atoms with E-state index in [1.54, 1.807) is 27.7 Å². The molecular weight excluding hydrogens is 512 g/mol. The number of carboxylic acid groups (broad SMARTS) is 1. The summed E-state index contributed by atoms with van der Waals surface area (Å²) in [5.74, 6) is -2.28. The molecule has 0 saturated heterocycles. The number of alkyl carbamates (subject to hydrolysis) is 1. The van der Waals surface area contributed by atoms with E-state index in [4.69, 9.17) is 18.6 Å². The summed E-state index contributed by atoms with van der Waals surface area (Å²) in [6, 6.07) is 7.69. The number of hydrogen-bond donors (Lipinski definition) is 2. The zero-order valence-electron chi connectivity index (χ0n) is 25.1. The van der Waals surface area contributed by atoms with Gasteiger partial charge in [-0.1, -0.05) is 50.6 Å². The van der Waals surface area contributed by atoms with Crippen LogP contribution < -0.4 is 11.1 Å². The first-order valence-corrected chi connectivity index (χ1v) is 13.2. The Morgan fingerprint density at radius 2 is 1.57 bits per heavy atom. The largest absolute Gasteiger partial charge is 0.519 e. The van der Waals surface area contributed by atoms with Crippen molar-refractivity contribution >= 4 is 12.1 Å². The van der Waals surface area contributed by atoms with Gasteiger partial charge in [-0.15, -0.1) is 0 Å². The Balaban J connectivity index is 2.44. The minimum Gasteiger partial charge on any atom is -0.480 e. The Kier molecular flexibility index (Phi) is 8.39. The SMILES string of the molecule is Cc1ccc(-c2c(CNC(=O)OC(C)(C)C)c(CC(C)(C)C)nc(C)c2C(C)(C(=O)O)c2oc(=O)oc2C)cc1. The van der Waals surface area contributed by atoms with Gasteiger partial charge in [0.25, 0.3) is 0 Å². The maximum Gasteiger partial charge on any atom is 0.519 e. The standard InChI is InChI=1S/C31H40N2O7/c1-17-11-13-20(14-12-17)23-21(16-32-27(36)40-30(7,8)9)22(15-29(4,5)6)33-18(2)24(23)31(10,26(34)35)25-19(3)38-28(37)39-25/h11-14H,15-16H2,1-10H3,(H,32,36)(H,34,35). The molecule has 0 aliphatic heterocycles. The molecule has 2 N–H and O–H groups in total. The number of rotatable bonds is 7. The normalized spacial score (nSPS) is 13.6. The van der Waals surface area contributed by atoms with Crippen molar-refractivity contribution in [3.05, 3.63) is 74.5 Å². The average molecular weight is 553 g/mol. The minimum atomic E-state index is -1.84. The van der Waals surface area contributed by atoms with Gasteiger partial charge >= 0.3 is 17.9 Å². The van der Waals surface area contributed by atoms with E-state index >= 15 is 0 Å². The van der Waals surface area contributed by atoms with E-state index in [-0.39, 0.29) is 23.5 Å². The highest BCUT2D eigenvalue weighted by Gasteiger charge is 2.47. The van der Waals surface area contributed by atoms with Crippen molar-refractivity contribution in [2.24, 2.45) is 5.41 Å². The molecule has 2 aromatic heterocycles. The van der Waals surface area contributed by atoms with E-state index in [0.717, 1.165) is 16.8 Å². The number of nitrogens with one attached hydrogen (secondary N) is 1. The molecule has 0 aliphatic rings. The summed E-state index contributed by atoms with van der Waals surface area (Å²) in [4.78, 5) is 42.8. The molecule has 0 aliphatic carbocycles. The van der Waals surface area contributed by atoms with Crippen LogP contribution in [0.5, 0.6) is 0 Å². The lowest BCUT2D eigenvalue weighted by Gasteiger charge is -2.31. The number of carboxylic acids is 1. The number of pyridine rings is 1. The monoisotopic (exact) mass is 552 g/mol. The fourth-order valence-electron chi connectivity index (χ4n) is 4.89. The Morgan fingerprint density at radius 1 is 0.975 bits per heavy atom. The van der Waals surface area contributed by atoms with Crippen LogP contribution in [-0.4, -0.2) is 27.8 Å². The molecule has 0 spiro atoms.